The van der Waals surface area contributed by atoms with Crippen molar-refractivity contribution in [1.29, 1.82) is 0 Å². The summed E-state index contributed by atoms with van der Waals surface area (Å²) in [6.45, 7) is 2.85. The van der Waals surface area contributed by atoms with Gasteiger partial charge in [0.2, 0.25) is 0 Å². The van der Waals surface area contributed by atoms with E-state index in [1.54, 1.807) is 38.1 Å². The average Bonchev–Trinajstić information content (AvgIpc) is 2.27. The highest BCUT2D eigenvalue weighted by molar-refractivity contribution is 5.79. The standard InChI is InChI=1S/C13H18N2O4/c1-13(2,12(18)19)8-15(7-11(16)17)10-6-4-3-5-9(10)14/h3-6H,7-8,14H2,1-2H3,(H,16,17)(H,18,19). The average molecular weight is 266 g/mol. The van der Waals surface area contributed by atoms with E-state index in [0.29, 0.717) is 11.4 Å². The summed E-state index contributed by atoms with van der Waals surface area (Å²) in [5, 5.41) is 18.1. The van der Waals surface area contributed by atoms with Gasteiger partial charge < -0.3 is 20.8 Å². The number of hydrogen-bond acceptors (Lipinski definition) is 4. The minimum atomic E-state index is -1.07. The second-order valence-electron chi connectivity index (χ2n) is 5.00. The lowest BCUT2D eigenvalue weighted by Crippen LogP contribution is -2.42. The van der Waals surface area contributed by atoms with Gasteiger partial charge in [0.15, 0.2) is 0 Å². The van der Waals surface area contributed by atoms with Crippen molar-refractivity contribution in [2.45, 2.75) is 13.8 Å². The lowest BCUT2D eigenvalue weighted by atomic mass is 9.92. The normalized spacial score (nSPS) is 11.1. The highest BCUT2D eigenvalue weighted by Crippen LogP contribution is 2.26. The van der Waals surface area contributed by atoms with E-state index < -0.39 is 17.4 Å². The molecular weight excluding hydrogens is 248 g/mol. The molecule has 0 aliphatic rings. The number of carbonyl (C=O) groups is 2. The topological polar surface area (TPSA) is 104 Å². The van der Waals surface area contributed by atoms with E-state index in [2.05, 4.69) is 0 Å². The Morgan fingerprint density at radius 2 is 1.84 bits per heavy atom. The molecule has 0 radical (unpaired) electrons. The van der Waals surface area contributed by atoms with Gasteiger partial charge in [0, 0.05) is 6.54 Å². The number of rotatable bonds is 6. The Bertz CT molecular complexity index is 485. The van der Waals surface area contributed by atoms with Gasteiger partial charge in [0.1, 0.15) is 6.54 Å². The molecule has 0 amide bonds. The first-order valence-electron chi connectivity index (χ1n) is 5.78. The maximum Gasteiger partial charge on any atom is 0.323 e. The summed E-state index contributed by atoms with van der Waals surface area (Å²) >= 11 is 0. The molecule has 1 aromatic rings. The van der Waals surface area contributed by atoms with Crippen LogP contribution in [0.2, 0.25) is 0 Å². The summed E-state index contributed by atoms with van der Waals surface area (Å²) in [4.78, 5) is 23.5. The number of nitrogen functional groups attached to an aromatic ring is 1. The number of nitrogens with zero attached hydrogens (tertiary/aromatic N) is 1. The van der Waals surface area contributed by atoms with Gasteiger partial charge in [-0.05, 0) is 26.0 Å². The summed E-state index contributed by atoms with van der Waals surface area (Å²) in [7, 11) is 0. The Labute approximate surface area is 111 Å². The minimum Gasteiger partial charge on any atom is -0.481 e. The SMILES string of the molecule is CC(C)(CN(CC(=O)O)c1ccccc1N)C(=O)O. The molecule has 0 aromatic heterocycles. The van der Waals surface area contributed by atoms with Crippen LogP contribution in [0.25, 0.3) is 0 Å². The van der Waals surface area contributed by atoms with Crippen molar-refractivity contribution < 1.29 is 19.8 Å². The van der Waals surface area contributed by atoms with E-state index in [4.69, 9.17) is 15.9 Å². The summed E-state index contributed by atoms with van der Waals surface area (Å²) in [5.41, 5.74) is 5.69. The van der Waals surface area contributed by atoms with Crippen LogP contribution in [0.15, 0.2) is 24.3 Å². The molecule has 1 rings (SSSR count). The molecule has 0 saturated carbocycles. The van der Waals surface area contributed by atoms with Crippen LogP contribution in [0.3, 0.4) is 0 Å². The molecule has 0 aliphatic carbocycles. The van der Waals surface area contributed by atoms with Gasteiger partial charge in [-0.25, -0.2) is 0 Å². The minimum absolute atomic E-state index is 0.0584. The van der Waals surface area contributed by atoms with Crippen LogP contribution in [0.5, 0.6) is 0 Å². The van der Waals surface area contributed by atoms with Crippen molar-refractivity contribution >= 4 is 23.3 Å². The van der Waals surface area contributed by atoms with Crippen molar-refractivity contribution in [3.05, 3.63) is 24.3 Å². The van der Waals surface area contributed by atoms with Gasteiger partial charge >= 0.3 is 11.9 Å². The third-order valence-corrected chi connectivity index (χ3v) is 2.77. The monoisotopic (exact) mass is 266 g/mol. The predicted octanol–water partition coefficient (Wildman–Crippen LogP) is 1.27. The zero-order valence-electron chi connectivity index (χ0n) is 11.0. The van der Waals surface area contributed by atoms with Crippen LogP contribution in [0.4, 0.5) is 11.4 Å². The van der Waals surface area contributed by atoms with E-state index in [1.807, 2.05) is 0 Å². The molecule has 0 aliphatic heterocycles. The van der Waals surface area contributed by atoms with Gasteiger partial charge in [-0.2, -0.15) is 0 Å². The van der Waals surface area contributed by atoms with Crippen molar-refractivity contribution in [2.75, 3.05) is 23.7 Å². The van der Waals surface area contributed by atoms with Crippen LogP contribution in [0.1, 0.15) is 13.8 Å². The molecule has 0 bridgehead atoms. The molecule has 6 heteroatoms. The molecule has 19 heavy (non-hydrogen) atoms. The fraction of sp³-hybridized carbons (Fsp3) is 0.385. The van der Waals surface area contributed by atoms with Gasteiger partial charge in [0.05, 0.1) is 16.8 Å². The fourth-order valence-corrected chi connectivity index (χ4v) is 1.71. The summed E-state index contributed by atoms with van der Waals surface area (Å²) < 4.78 is 0. The smallest absolute Gasteiger partial charge is 0.323 e. The Balaban J connectivity index is 3.06. The van der Waals surface area contributed by atoms with Crippen LogP contribution in [-0.2, 0) is 9.59 Å². The van der Waals surface area contributed by atoms with Crippen LogP contribution >= 0.6 is 0 Å². The van der Waals surface area contributed by atoms with Crippen LogP contribution in [-0.4, -0.2) is 35.2 Å². The molecular formula is C13H18N2O4. The summed E-state index contributed by atoms with van der Waals surface area (Å²) in [5.74, 6) is -2.03. The van der Waals surface area contributed by atoms with Gasteiger partial charge in [0.25, 0.3) is 0 Å². The Morgan fingerprint density at radius 1 is 1.26 bits per heavy atom. The largest absolute Gasteiger partial charge is 0.481 e. The highest BCUT2D eigenvalue weighted by Gasteiger charge is 2.31. The highest BCUT2D eigenvalue weighted by atomic mass is 16.4. The molecule has 0 atom stereocenters. The number of carboxylic acid groups (broad SMARTS) is 2. The predicted molar refractivity (Wildman–Crippen MR) is 72.1 cm³/mol. The quantitative estimate of drug-likeness (QED) is 0.670. The number of benzene rings is 1. The van der Waals surface area contributed by atoms with Gasteiger partial charge in [-0.1, -0.05) is 12.1 Å². The van der Waals surface area contributed by atoms with E-state index in [9.17, 15) is 9.59 Å². The van der Waals surface area contributed by atoms with Crippen molar-refractivity contribution in [3.63, 3.8) is 0 Å². The first kappa shape index (κ1) is 14.8. The second-order valence-corrected chi connectivity index (χ2v) is 5.00. The molecule has 0 fully saturated rings. The van der Waals surface area contributed by atoms with E-state index in [1.165, 1.54) is 4.90 Å². The maximum atomic E-state index is 11.2. The third-order valence-electron chi connectivity index (χ3n) is 2.77. The fourth-order valence-electron chi connectivity index (χ4n) is 1.71. The lowest BCUT2D eigenvalue weighted by Gasteiger charge is -2.31. The zero-order chi connectivity index (χ0) is 14.6. The molecule has 4 N–H and O–H groups in total. The summed E-state index contributed by atoms with van der Waals surface area (Å²) in [6.07, 6.45) is 0. The first-order valence-corrected chi connectivity index (χ1v) is 5.78. The number of nitrogens with two attached hydrogens (primary N) is 1. The lowest BCUT2D eigenvalue weighted by molar-refractivity contribution is -0.146. The second kappa shape index (κ2) is 5.60. The molecule has 104 valence electrons. The van der Waals surface area contributed by atoms with Gasteiger partial charge in [-0.3, -0.25) is 9.59 Å². The zero-order valence-corrected chi connectivity index (χ0v) is 11.0. The number of carboxylic acids is 2. The van der Waals surface area contributed by atoms with Crippen molar-refractivity contribution in [2.24, 2.45) is 5.41 Å². The Morgan fingerprint density at radius 3 is 2.32 bits per heavy atom. The van der Waals surface area contributed by atoms with Crippen LogP contribution < -0.4 is 10.6 Å². The maximum absolute atomic E-state index is 11.2. The van der Waals surface area contributed by atoms with Crippen molar-refractivity contribution in [3.8, 4) is 0 Å². The molecule has 6 nitrogen and oxygen atoms in total. The van der Waals surface area contributed by atoms with E-state index >= 15 is 0 Å². The van der Waals surface area contributed by atoms with Crippen molar-refractivity contribution in [1.82, 2.24) is 0 Å². The Hall–Kier alpha value is -2.24. The third kappa shape index (κ3) is 3.87. The van der Waals surface area contributed by atoms with E-state index in [-0.39, 0.29) is 13.1 Å². The van der Waals surface area contributed by atoms with E-state index in [0.717, 1.165) is 0 Å². The number of anilines is 2. The molecule has 0 spiro atoms. The van der Waals surface area contributed by atoms with Crippen LogP contribution in [0, 0.1) is 5.41 Å². The number of para-hydroxylation sites is 2. The van der Waals surface area contributed by atoms with Gasteiger partial charge in [-0.15, -0.1) is 0 Å². The first-order chi connectivity index (χ1) is 8.74. The number of aliphatic carboxylic acids is 2. The molecule has 1 aromatic carbocycles. The molecule has 0 saturated heterocycles. The number of hydrogen-bond donors (Lipinski definition) is 3. The summed E-state index contributed by atoms with van der Waals surface area (Å²) in [6, 6.07) is 6.79. The Kier molecular flexibility index (Phi) is 4.37. The molecule has 0 unspecified atom stereocenters. The molecule has 0 heterocycles.